The number of H-pyrrole nitrogens is 2. The molecular formula is C17H17N3O5S. The van der Waals surface area contributed by atoms with E-state index in [4.69, 9.17) is 9.47 Å². The van der Waals surface area contributed by atoms with E-state index in [1.165, 1.54) is 11.3 Å². The molecule has 8 nitrogen and oxygen atoms in total. The number of thiophene rings is 1. The Morgan fingerprint density at radius 1 is 1.19 bits per heavy atom. The maximum absolute atomic E-state index is 12.4. The minimum Gasteiger partial charge on any atom is -0.462 e. The molecule has 3 aromatic rings. The summed E-state index contributed by atoms with van der Waals surface area (Å²) in [7, 11) is 0. The van der Waals surface area contributed by atoms with E-state index in [-0.39, 0.29) is 30.3 Å². The van der Waals surface area contributed by atoms with Crippen LogP contribution < -0.4 is 5.56 Å². The predicted molar refractivity (Wildman–Crippen MR) is 95.6 cm³/mol. The summed E-state index contributed by atoms with van der Waals surface area (Å²) in [5, 5.41) is 1.77. The molecule has 0 aliphatic rings. The van der Waals surface area contributed by atoms with Gasteiger partial charge < -0.3 is 19.4 Å². The van der Waals surface area contributed by atoms with Crippen LogP contribution in [0, 0.1) is 13.8 Å². The van der Waals surface area contributed by atoms with Gasteiger partial charge in [0.1, 0.15) is 22.8 Å². The molecule has 0 aliphatic carbocycles. The second kappa shape index (κ2) is 7.12. The highest BCUT2D eigenvalue weighted by Gasteiger charge is 2.24. The molecule has 0 bridgehead atoms. The van der Waals surface area contributed by atoms with Crippen molar-refractivity contribution in [2.75, 3.05) is 6.61 Å². The number of fused-ring (bicyclic) bond motifs is 1. The molecule has 3 aromatic heterocycles. The largest absolute Gasteiger partial charge is 0.462 e. The standard InChI is InChI=1S/C17H17N3O5S/c1-4-24-16(22)12-8(2)13(18-9(12)3)17(23)25-7-11-19-10-5-6-26-14(10)15(21)20-11/h5-6,18H,4,7H2,1-3H3,(H,19,20,21). The van der Waals surface area contributed by atoms with Gasteiger partial charge in [-0.1, -0.05) is 0 Å². The van der Waals surface area contributed by atoms with Crippen LogP contribution in [-0.4, -0.2) is 33.5 Å². The van der Waals surface area contributed by atoms with E-state index >= 15 is 0 Å². The van der Waals surface area contributed by atoms with Gasteiger partial charge in [0.15, 0.2) is 0 Å². The molecule has 0 radical (unpaired) electrons. The van der Waals surface area contributed by atoms with Crippen molar-refractivity contribution in [1.82, 2.24) is 15.0 Å². The lowest BCUT2D eigenvalue weighted by molar-refractivity contribution is 0.0455. The first-order valence-corrected chi connectivity index (χ1v) is 8.80. The highest BCUT2D eigenvalue weighted by atomic mass is 32.1. The van der Waals surface area contributed by atoms with Gasteiger partial charge in [-0.3, -0.25) is 4.79 Å². The van der Waals surface area contributed by atoms with Gasteiger partial charge in [0.2, 0.25) is 0 Å². The molecule has 0 aliphatic heterocycles. The summed E-state index contributed by atoms with van der Waals surface area (Å²) in [4.78, 5) is 46.0. The summed E-state index contributed by atoms with van der Waals surface area (Å²) in [5.74, 6) is -0.887. The fraction of sp³-hybridized carbons (Fsp3) is 0.294. The Balaban J connectivity index is 1.78. The quantitative estimate of drug-likeness (QED) is 0.662. The topological polar surface area (TPSA) is 114 Å². The number of aryl methyl sites for hydroxylation is 1. The first-order chi connectivity index (χ1) is 12.4. The van der Waals surface area contributed by atoms with Crippen LogP contribution in [0.15, 0.2) is 16.2 Å². The molecule has 26 heavy (non-hydrogen) atoms. The molecule has 0 saturated carbocycles. The average Bonchev–Trinajstić information content (AvgIpc) is 3.17. The highest BCUT2D eigenvalue weighted by molar-refractivity contribution is 7.17. The number of aromatic amines is 2. The summed E-state index contributed by atoms with van der Waals surface area (Å²) in [5.41, 5.74) is 1.77. The summed E-state index contributed by atoms with van der Waals surface area (Å²) in [6, 6.07) is 1.73. The summed E-state index contributed by atoms with van der Waals surface area (Å²) in [6.07, 6.45) is 0. The second-order valence-corrected chi connectivity index (χ2v) is 6.49. The van der Waals surface area contributed by atoms with Crippen LogP contribution in [-0.2, 0) is 16.1 Å². The molecule has 0 spiro atoms. The zero-order valence-corrected chi connectivity index (χ0v) is 15.3. The third-order valence-corrected chi connectivity index (χ3v) is 4.73. The van der Waals surface area contributed by atoms with Gasteiger partial charge >= 0.3 is 11.9 Å². The van der Waals surface area contributed by atoms with Crippen molar-refractivity contribution in [2.24, 2.45) is 0 Å². The number of aromatic nitrogens is 3. The van der Waals surface area contributed by atoms with Gasteiger partial charge in [-0.15, -0.1) is 11.3 Å². The van der Waals surface area contributed by atoms with Gasteiger partial charge in [-0.25, -0.2) is 14.6 Å². The zero-order chi connectivity index (χ0) is 18.8. The van der Waals surface area contributed by atoms with Crippen LogP contribution >= 0.6 is 11.3 Å². The van der Waals surface area contributed by atoms with Crippen molar-refractivity contribution < 1.29 is 19.1 Å². The summed E-state index contributed by atoms with van der Waals surface area (Å²) >= 11 is 1.29. The Bertz CT molecular complexity index is 1050. The number of carbonyl (C=O) groups excluding carboxylic acids is 2. The fourth-order valence-corrected chi connectivity index (χ4v) is 3.39. The summed E-state index contributed by atoms with van der Waals surface area (Å²) < 4.78 is 10.8. The van der Waals surface area contributed by atoms with E-state index in [1.807, 2.05) is 0 Å². The van der Waals surface area contributed by atoms with E-state index in [0.29, 0.717) is 27.0 Å². The lowest BCUT2D eigenvalue weighted by Crippen LogP contribution is -2.14. The molecule has 3 rings (SSSR count). The van der Waals surface area contributed by atoms with Crippen molar-refractivity contribution in [3.8, 4) is 0 Å². The molecule has 2 N–H and O–H groups in total. The first-order valence-electron chi connectivity index (χ1n) is 7.92. The smallest absolute Gasteiger partial charge is 0.355 e. The minimum atomic E-state index is -0.644. The number of esters is 2. The maximum atomic E-state index is 12.4. The Kier molecular flexibility index (Phi) is 4.90. The van der Waals surface area contributed by atoms with E-state index in [9.17, 15) is 14.4 Å². The first kappa shape index (κ1) is 17.9. The van der Waals surface area contributed by atoms with E-state index in [0.717, 1.165) is 0 Å². The fourth-order valence-electron chi connectivity index (χ4n) is 2.66. The third kappa shape index (κ3) is 3.25. The maximum Gasteiger partial charge on any atom is 0.355 e. The lowest BCUT2D eigenvalue weighted by Gasteiger charge is -2.05. The number of nitrogens with one attached hydrogen (secondary N) is 2. The number of carbonyl (C=O) groups is 2. The van der Waals surface area contributed by atoms with Crippen molar-refractivity contribution in [3.63, 3.8) is 0 Å². The molecular weight excluding hydrogens is 358 g/mol. The van der Waals surface area contributed by atoms with Crippen molar-refractivity contribution in [3.05, 3.63) is 50.1 Å². The van der Waals surface area contributed by atoms with Crippen LogP contribution in [0.25, 0.3) is 10.2 Å². The van der Waals surface area contributed by atoms with Gasteiger partial charge in [0.05, 0.1) is 17.7 Å². The van der Waals surface area contributed by atoms with Crippen molar-refractivity contribution in [2.45, 2.75) is 27.4 Å². The molecule has 136 valence electrons. The molecule has 0 saturated heterocycles. The van der Waals surface area contributed by atoms with Crippen LogP contribution in [0.1, 0.15) is 44.9 Å². The van der Waals surface area contributed by atoms with Gasteiger partial charge in [0.25, 0.3) is 5.56 Å². The van der Waals surface area contributed by atoms with Crippen LogP contribution in [0.2, 0.25) is 0 Å². The Labute approximate surface area is 152 Å². The van der Waals surface area contributed by atoms with Crippen LogP contribution in [0.3, 0.4) is 0 Å². The minimum absolute atomic E-state index is 0.171. The predicted octanol–water partition coefficient (Wildman–Crippen LogP) is 2.46. The van der Waals surface area contributed by atoms with Crippen molar-refractivity contribution in [1.29, 1.82) is 0 Å². The molecule has 0 unspecified atom stereocenters. The Morgan fingerprint density at radius 2 is 1.96 bits per heavy atom. The number of nitrogens with zero attached hydrogens (tertiary/aromatic N) is 1. The molecule has 0 aromatic carbocycles. The molecule has 9 heteroatoms. The Morgan fingerprint density at radius 3 is 2.69 bits per heavy atom. The van der Waals surface area contributed by atoms with Crippen LogP contribution in [0.5, 0.6) is 0 Å². The lowest BCUT2D eigenvalue weighted by atomic mass is 10.1. The molecule has 0 fully saturated rings. The molecule has 0 amide bonds. The normalized spacial score (nSPS) is 10.9. The second-order valence-electron chi connectivity index (χ2n) is 5.57. The summed E-state index contributed by atoms with van der Waals surface area (Å²) in [6.45, 7) is 5.09. The van der Waals surface area contributed by atoms with Gasteiger partial charge in [0, 0.05) is 5.69 Å². The van der Waals surface area contributed by atoms with Gasteiger partial charge in [-0.05, 0) is 37.8 Å². The number of rotatable bonds is 5. The highest BCUT2D eigenvalue weighted by Crippen LogP contribution is 2.20. The Hall–Kier alpha value is -2.94. The number of hydrogen-bond acceptors (Lipinski definition) is 7. The van der Waals surface area contributed by atoms with E-state index < -0.39 is 11.9 Å². The molecule has 0 atom stereocenters. The average molecular weight is 375 g/mol. The number of ether oxygens (including phenoxy) is 2. The van der Waals surface area contributed by atoms with E-state index in [2.05, 4.69) is 15.0 Å². The third-order valence-electron chi connectivity index (χ3n) is 3.83. The number of hydrogen-bond donors (Lipinski definition) is 2. The van der Waals surface area contributed by atoms with Gasteiger partial charge in [-0.2, -0.15) is 0 Å². The van der Waals surface area contributed by atoms with Crippen LogP contribution in [0.4, 0.5) is 0 Å². The SMILES string of the molecule is CCOC(=O)c1c(C)[nH]c(C(=O)OCc2nc3ccsc3c(=O)[nH]2)c1C. The van der Waals surface area contributed by atoms with Crippen molar-refractivity contribution >= 4 is 33.5 Å². The monoisotopic (exact) mass is 375 g/mol. The zero-order valence-electron chi connectivity index (χ0n) is 14.5. The van der Waals surface area contributed by atoms with E-state index in [1.54, 1.807) is 32.2 Å². The molecule has 3 heterocycles.